The second-order valence-corrected chi connectivity index (χ2v) is 2.68. The van der Waals surface area contributed by atoms with Crippen LogP contribution >= 0.6 is 12.6 Å². The van der Waals surface area contributed by atoms with Crippen molar-refractivity contribution in [2.45, 2.75) is 11.8 Å². The lowest BCUT2D eigenvalue weighted by Crippen LogP contribution is -1.90. The van der Waals surface area contributed by atoms with Crippen molar-refractivity contribution in [3.8, 4) is 5.75 Å². The summed E-state index contributed by atoms with van der Waals surface area (Å²) in [5.41, 5.74) is 7.04. The van der Waals surface area contributed by atoms with Crippen molar-refractivity contribution < 1.29 is 5.11 Å². The van der Waals surface area contributed by atoms with Gasteiger partial charge in [-0.1, -0.05) is 0 Å². The fourth-order valence-electron chi connectivity index (χ4n) is 0.761. The number of anilines is 1. The van der Waals surface area contributed by atoms with Gasteiger partial charge < -0.3 is 10.8 Å². The first-order chi connectivity index (χ1) is 4.61. The highest BCUT2D eigenvalue weighted by Gasteiger charge is 1.99. The summed E-state index contributed by atoms with van der Waals surface area (Å²) in [5, 5.41) is 9.01. The summed E-state index contributed by atoms with van der Waals surface area (Å²) < 4.78 is 0. The van der Waals surface area contributed by atoms with E-state index in [-0.39, 0.29) is 5.75 Å². The first-order valence-electron chi connectivity index (χ1n) is 2.89. The van der Waals surface area contributed by atoms with Gasteiger partial charge in [-0.25, -0.2) is 0 Å². The molecule has 1 rings (SSSR count). The van der Waals surface area contributed by atoms with E-state index in [9.17, 15) is 0 Å². The molecule has 0 radical (unpaired) electrons. The highest BCUT2D eigenvalue weighted by Crippen LogP contribution is 2.25. The van der Waals surface area contributed by atoms with Crippen LogP contribution in [0.4, 0.5) is 5.69 Å². The van der Waals surface area contributed by atoms with E-state index in [1.165, 1.54) is 6.07 Å². The minimum atomic E-state index is 0.205. The number of benzene rings is 1. The molecular formula is C7H9NOS. The average molecular weight is 155 g/mol. The van der Waals surface area contributed by atoms with E-state index < -0.39 is 0 Å². The van der Waals surface area contributed by atoms with Gasteiger partial charge in [-0.3, -0.25) is 0 Å². The van der Waals surface area contributed by atoms with Crippen LogP contribution in [-0.2, 0) is 0 Å². The Hall–Kier alpha value is -0.830. The molecule has 0 aliphatic heterocycles. The summed E-state index contributed by atoms with van der Waals surface area (Å²) in [6, 6.07) is 3.13. The molecular weight excluding hydrogens is 146 g/mol. The summed E-state index contributed by atoms with van der Waals surface area (Å²) in [7, 11) is 0. The predicted octanol–water partition coefficient (Wildman–Crippen LogP) is 1.57. The summed E-state index contributed by atoms with van der Waals surface area (Å²) in [6.07, 6.45) is 0. The van der Waals surface area contributed by atoms with E-state index in [0.717, 1.165) is 5.56 Å². The molecule has 54 valence electrons. The van der Waals surface area contributed by atoms with Crippen LogP contribution in [0.25, 0.3) is 0 Å². The van der Waals surface area contributed by atoms with Crippen LogP contribution in [0, 0.1) is 6.92 Å². The van der Waals surface area contributed by atoms with E-state index in [2.05, 4.69) is 12.6 Å². The van der Waals surface area contributed by atoms with Crippen LogP contribution in [0.1, 0.15) is 5.56 Å². The van der Waals surface area contributed by atoms with Gasteiger partial charge in [0, 0.05) is 10.6 Å². The topological polar surface area (TPSA) is 46.2 Å². The second-order valence-electron chi connectivity index (χ2n) is 2.20. The van der Waals surface area contributed by atoms with Gasteiger partial charge in [-0.15, -0.1) is 12.6 Å². The SMILES string of the molecule is Cc1cc(O)cc(S)c1N. The van der Waals surface area contributed by atoms with Crippen LogP contribution in [0.5, 0.6) is 5.75 Å². The van der Waals surface area contributed by atoms with Crippen LogP contribution in [-0.4, -0.2) is 5.11 Å². The Kier molecular flexibility index (Phi) is 1.76. The minimum Gasteiger partial charge on any atom is -0.508 e. The standard InChI is InChI=1S/C7H9NOS/c1-4-2-5(9)3-6(10)7(4)8/h2-3,9-10H,8H2,1H3. The second kappa shape index (κ2) is 2.42. The number of hydrogen-bond donors (Lipinski definition) is 3. The van der Waals surface area contributed by atoms with Crippen molar-refractivity contribution in [1.29, 1.82) is 0 Å². The monoisotopic (exact) mass is 155 g/mol. The number of nitrogen functional groups attached to an aromatic ring is 1. The third-order valence-corrected chi connectivity index (χ3v) is 1.72. The molecule has 0 unspecified atom stereocenters. The van der Waals surface area contributed by atoms with Gasteiger partial charge in [0.25, 0.3) is 0 Å². The van der Waals surface area contributed by atoms with Gasteiger partial charge in [-0.2, -0.15) is 0 Å². The highest BCUT2D eigenvalue weighted by molar-refractivity contribution is 7.80. The van der Waals surface area contributed by atoms with Gasteiger partial charge in [0.1, 0.15) is 5.75 Å². The molecule has 1 aromatic rings. The maximum atomic E-state index is 9.01. The zero-order valence-electron chi connectivity index (χ0n) is 5.63. The third-order valence-electron chi connectivity index (χ3n) is 1.35. The number of nitrogens with two attached hydrogens (primary N) is 1. The molecule has 0 atom stereocenters. The molecule has 0 aromatic heterocycles. The normalized spacial score (nSPS) is 9.80. The van der Waals surface area contributed by atoms with Crippen molar-refractivity contribution in [3.63, 3.8) is 0 Å². The van der Waals surface area contributed by atoms with E-state index >= 15 is 0 Å². The molecule has 0 aliphatic carbocycles. The fraction of sp³-hybridized carbons (Fsp3) is 0.143. The number of phenolic OH excluding ortho intramolecular Hbond substituents is 1. The van der Waals surface area contributed by atoms with E-state index in [1.54, 1.807) is 6.07 Å². The van der Waals surface area contributed by atoms with Crippen LogP contribution < -0.4 is 5.73 Å². The Bertz CT molecular complexity index is 237. The van der Waals surface area contributed by atoms with Crippen LogP contribution in [0.15, 0.2) is 17.0 Å². The Morgan fingerprint density at radius 1 is 1.50 bits per heavy atom. The average Bonchev–Trinajstić information content (AvgIpc) is 1.82. The Morgan fingerprint density at radius 3 is 2.60 bits per heavy atom. The van der Waals surface area contributed by atoms with E-state index in [1.807, 2.05) is 6.92 Å². The Morgan fingerprint density at radius 2 is 2.10 bits per heavy atom. The molecule has 10 heavy (non-hydrogen) atoms. The largest absolute Gasteiger partial charge is 0.508 e. The summed E-state index contributed by atoms with van der Waals surface area (Å²) in [5.74, 6) is 0.205. The molecule has 0 saturated carbocycles. The van der Waals surface area contributed by atoms with Crippen molar-refractivity contribution in [1.82, 2.24) is 0 Å². The molecule has 0 heterocycles. The molecule has 0 saturated heterocycles. The van der Waals surface area contributed by atoms with Gasteiger partial charge in [0.05, 0.1) is 0 Å². The maximum absolute atomic E-state index is 9.01. The van der Waals surface area contributed by atoms with Gasteiger partial charge in [-0.05, 0) is 24.6 Å². The van der Waals surface area contributed by atoms with Crippen molar-refractivity contribution in [3.05, 3.63) is 17.7 Å². The van der Waals surface area contributed by atoms with Crippen molar-refractivity contribution in [2.75, 3.05) is 5.73 Å². The van der Waals surface area contributed by atoms with E-state index in [4.69, 9.17) is 10.8 Å². The number of phenols is 1. The lowest BCUT2D eigenvalue weighted by atomic mass is 10.2. The van der Waals surface area contributed by atoms with Crippen LogP contribution in [0.2, 0.25) is 0 Å². The van der Waals surface area contributed by atoms with Crippen LogP contribution in [0.3, 0.4) is 0 Å². The maximum Gasteiger partial charge on any atom is 0.117 e. The van der Waals surface area contributed by atoms with Crippen molar-refractivity contribution in [2.24, 2.45) is 0 Å². The predicted molar refractivity (Wildman–Crippen MR) is 44.5 cm³/mol. The molecule has 2 nitrogen and oxygen atoms in total. The van der Waals surface area contributed by atoms with Crippen molar-refractivity contribution >= 4 is 18.3 Å². The molecule has 3 N–H and O–H groups in total. The smallest absolute Gasteiger partial charge is 0.117 e. The van der Waals surface area contributed by atoms with E-state index in [0.29, 0.717) is 10.6 Å². The first-order valence-corrected chi connectivity index (χ1v) is 3.34. The number of hydrogen-bond acceptors (Lipinski definition) is 3. The molecule has 0 fully saturated rings. The Labute approximate surface area is 65.1 Å². The molecule has 0 bridgehead atoms. The molecule has 1 aromatic carbocycles. The zero-order valence-corrected chi connectivity index (χ0v) is 6.52. The number of thiol groups is 1. The zero-order chi connectivity index (χ0) is 7.72. The lowest BCUT2D eigenvalue weighted by molar-refractivity contribution is 0.473. The lowest BCUT2D eigenvalue weighted by Gasteiger charge is -2.02. The molecule has 0 aliphatic rings. The molecule has 3 heteroatoms. The van der Waals surface area contributed by atoms with Gasteiger partial charge in [0.15, 0.2) is 0 Å². The van der Waals surface area contributed by atoms with Gasteiger partial charge >= 0.3 is 0 Å². The third kappa shape index (κ3) is 1.19. The molecule has 0 amide bonds. The summed E-state index contributed by atoms with van der Waals surface area (Å²) in [6.45, 7) is 1.83. The highest BCUT2D eigenvalue weighted by atomic mass is 32.1. The van der Waals surface area contributed by atoms with Gasteiger partial charge in [0.2, 0.25) is 0 Å². The fourth-order valence-corrected chi connectivity index (χ4v) is 1.07. The number of aromatic hydroxyl groups is 1. The quantitative estimate of drug-likeness (QED) is 0.302. The number of rotatable bonds is 0. The first kappa shape index (κ1) is 7.28. The number of aryl methyl sites for hydroxylation is 1. The Balaban J connectivity index is 3.31. The summed E-state index contributed by atoms with van der Waals surface area (Å²) >= 11 is 4.05. The minimum absolute atomic E-state index is 0.205. The molecule has 0 spiro atoms. The summed E-state index contributed by atoms with van der Waals surface area (Å²) in [4.78, 5) is 0.623.